The topological polar surface area (TPSA) is 40.6 Å². The van der Waals surface area contributed by atoms with Gasteiger partial charge in [0.25, 0.3) is 0 Å². The number of amides is 1. The van der Waals surface area contributed by atoms with Gasteiger partial charge in [0.15, 0.2) is 5.78 Å². The van der Waals surface area contributed by atoms with Crippen molar-refractivity contribution in [2.24, 2.45) is 5.92 Å². The van der Waals surface area contributed by atoms with E-state index >= 15 is 0 Å². The minimum atomic E-state index is -0.490. The van der Waals surface area contributed by atoms with Gasteiger partial charge in [-0.25, -0.2) is 4.39 Å². The van der Waals surface area contributed by atoms with Crippen LogP contribution in [0.15, 0.2) is 42.5 Å². The lowest BCUT2D eigenvalue weighted by Crippen LogP contribution is -2.43. The number of nitrogens with zero attached hydrogens (tertiary/aromatic N) is 2. The summed E-state index contributed by atoms with van der Waals surface area (Å²) in [7, 11) is 0. The number of fused-ring (bicyclic) bond motifs is 1. The Balaban J connectivity index is 1.35. The molecule has 0 radical (unpaired) electrons. The monoisotopic (exact) mass is 408 g/mol. The van der Waals surface area contributed by atoms with Crippen LogP contribution < -0.4 is 4.90 Å². The third-order valence-corrected chi connectivity index (χ3v) is 6.62. The highest BCUT2D eigenvalue weighted by Gasteiger charge is 2.43. The highest BCUT2D eigenvalue weighted by atomic mass is 19.1. The molecule has 2 heterocycles. The molecule has 4 rings (SSSR count). The van der Waals surface area contributed by atoms with Crippen molar-refractivity contribution < 1.29 is 14.0 Å². The number of likely N-dealkylation sites (tertiary alicyclic amines) is 1. The molecule has 5 heteroatoms. The first-order chi connectivity index (χ1) is 14.3. The Morgan fingerprint density at radius 1 is 1.07 bits per heavy atom. The maximum atomic E-state index is 13.1. The van der Waals surface area contributed by atoms with Crippen LogP contribution in [0.1, 0.15) is 48.2 Å². The molecule has 158 valence electrons. The second kappa shape index (κ2) is 7.95. The molecule has 1 saturated heterocycles. The summed E-state index contributed by atoms with van der Waals surface area (Å²) in [4.78, 5) is 30.0. The fourth-order valence-electron chi connectivity index (χ4n) is 4.68. The third kappa shape index (κ3) is 3.79. The van der Waals surface area contributed by atoms with E-state index in [9.17, 15) is 14.0 Å². The Morgan fingerprint density at radius 2 is 1.73 bits per heavy atom. The second-order valence-corrected chi connectivity index (χ2v) is 9.09. The van der Waals surface area contributed by atoms with E-state index in [0.717, 1.165) is 43.7 Å². The highest BCUT2D eigenvalue weighted by Crippen LogP contribution is 2.41. The van der Waals surface area contributed by atoms with Gasteiger partial charge in [-0.1, -0.05) is 17.7 Å². The molecule has 0 N–H and O–H groups in total. The number of rotatable bonds is 5. The summed E-state index contributed by atoms with van der Waals surface area (Å²) in [6.07, 6.45) is 1.59. The average molecular weight is 409 g/mol. The van der Waals surface area contributed by atoms with Crippen molar-refractivity contribution in [1.82, 2.24) is 4.90 Å². The first kappa shape index (κ1) is 20.7. The fraction of sp³-hybridized carbons (Fsp3) is 0.440. The number of hydrogen-bond donors (Lipinski definition) is 0. The molecule has 2 aliphatic rings. The van der Waals surface area contributed by atoms with E-state index in [2.05, 4.69) is 30.0 Å². The van der Waals surface area contributed by atoms with Crippen LogP contribution in [0.4, 0.5) is 10.1 Å². The first-order valence-corrected chi connectivity index (χ1v) is 10.7. The Morgan fingerprint density at radius 3 is 2.40 bits per heavy atom. The molecule has 0 aliphatic carbocycles. The van der Waals surface area contributed by atoms with Gasteiger partial charge in [0.1, 0.15) is 5.82 Å². The van der Waals surface area contributed by atoms with Crippen molar-refractivity contribution >= 4 is 17.4 Å². The number of carbonyl (C=O) groups is 2. The van der Waals surface area contributed by atoms with Gasteiger partial charge >= 0.3 is 0 Å². The summed E-state index contributed by atoms with van der Waals surface area (Å²) in [5.74, 6) is -0.0691. The van der Waals surface area contributed by atoms with E-state index in [1.165, 1.54) is 17.7 Å². The van der Waals surface area contributed by atoms with E-state index in [1.807, 2.05) is 18.7 Å². The maximum absolute atomic E-state index is 13.1. The number of anilines is 1. The molecular formula is C25H29FN2O2. The van der Waals surface area contributed by atoms with Gasteiger partial charge in [0.05, 0.1) is 5.41 Å². The molecule has 2 aliphatic heterocycles. The Hall–Kier alpha value is -2.53. The lowest BCUT2D eigenvalue weighted by atomic mass is 9.85. The molecule has 0 unspecified atom stereocenters. The van der Waals surface area contributed by atoms with Crippen molar-refractivity contribution in [3.63, 3.8) is 0 Å². The van der Waals surface area contributed by atoms with Crippen molar-refractivity contribution in [2.75, 3.05) is 31.1 Å². The Labute approximate surface area is 177 Å². The molecule has 1 fully saturated rings. The number of carbonyl (C=O) groups excluding carboxylic acids is 2. The zero-order valence-electron chi connectivity index (χ0n) is 18.0. The molecule has 2 aromatic rings. The van der Waals surface area contributed by atoms with Crippen LogP contribution >= 0.6 is 0 Å². The first-order valence-electron chi connectivity index (χ1n) is 10.7. The van der Waals surface area contributed by atoms with Crippen LogP contribution in [-0.4, -0.2) is 42.8 Å². The molecule has 0 atom stereocenters. The summed E-state index contributed by atoms with van der Waals surface area (Å²) in [5, 5.41) is 0. The largest absolute Gasteiger partial charge is 0.310 e. The summed E-state index contributed by atoms with van der Waals surface area (Å²) in [5.41, 5.74) is 3.40. The molecule has 1 amide bonds. The zero-order chi connectivity index (χ0) is 21.5. The molecule has 0 aromatic heterocycles. The standard InChI is InChI=1S/C25H29FN2O2/c1-17-4-9-22-21(16-17)25(2,3)24(30)28(22)15-14-27-12-10-19(11-13-27)23(29)18-5-7-20(26)8-6-18/h4-9,16,19H,10-15H2,1-3H3. The number of ketones is 1. The van der Waals surface area contributed by atoms with E-state index < -0.39 is 5.41 Å². The van der Waals surface area contributed by atoms with E-state index in [-0.39, 0.29) is 23.4 Å². The third-order valence-electron chi connectivity index (χ3n) is 6.62. The predicted octanol–water partition coefficient (Wildman–Crippen LogP) is 4.35. The molecule has 0 spiro atoms. The van der Waals surface area contributed by atoms with Crippen LogP contribution in [0.3, 0.4) is 0 Å². The smallest absolute Gasteiger partial charge is 0.237 e. The SMILES string of the molecule is Cc1ccc2c(c1)C(C)(C)C(=O)N2CCN1CCC(C(=O)c2ccc(F)cc2)CC1. The number of halogens is 1. The normalized spacial score (nSPS) is 19.2. The van der Waals surface area contributed by atoms with Crippen LogP contribution in [0.25, 0.3) is 0 Å². The highest BCUT2D eigenvalue weighted by molar-refractivity contribution is 6.07. The average Bonchev–Trinajstić information content (AvgIpc) is 2.92. The number of aryl methyl sites for hydroxylation is 1. The minimum Gasteiger partial charge on any atom is -0.310 e. The number of piperidine rings is 1. The van der Waals surface area contributed by atoms with Crippen molar-refractivity contribution in [3.05, 3.63) is 65.0 Å². The van der Waals surface area contributed by atoms with Gasteiger partial charge in [0.2, 0.25) is 5.91 Å². The summed E-state index contributed by atoms with van der Waals surface area (Å²) in [6, 6.07) is 12.1. The molecule has 0 saturated carbocycles. The summed E-state index contributed by atoms with van der Waals surface area (Å²) in [6.45, 7) is 9.19. The van der Waals surface area contributed by atoms with Crippen LogP contribution in [0, 0.1) is 18.7 Å². The lowest BCUT2D eigenvalue weighted by molar-refractivity contribution is -0.122. The summed E-state index contributed by atoms with van der Waals surface area (Å²) < 4.78 is 13.1. The van der Waals surface area contributed by atoms with Crippen LogP contribution in [-0.2, 0) is 10.2 Å². The van der Waals surface area contributed by atoms with Crippen molar-refractivity contribution in [1.29, 1.82) is 0 Å². The van der Waals surface area contributed by atoms with Gasteiger partial charge < -0.3 is 9.80 Å². The molecule has 2 aromatic carbocycles. The minimum absolute atomic E-state index is 0.0113. The van der Waals surface area contributed by atoms with Gasteiger partial charge in [-0.15, -0.1) is 0 Å². The van der Waals surface area contributed by atoms with Crippen molar-refractivity contribution in [2.45, 2.75) is 39.0 Å². The van der Waals surface area contributed by atoms with E-state index in [1.54, 1.807) is 12.1 Å². The molecule has 4 nitrogen and oxygen atoms in total. The van der Waals surface area contributed by atoms with Gasteiger partial charge in [-0.2, -0.15) is 0 Å². The maximum Gasteiger partial charge on any atom is 0.237 e. The predicted molar refractivity (Wildman–Crippen MR) is 116 cm³/mol. The van der Waals surface area contributed by atoms with E-state index in [4.69, 9.17) is 0 Å². The zero-order valence-corrected chi connectivity index (χ0v) is 18.0. The van der Waals surface area contributed by atoms with Crippen LogP contribution in [0.2, 0.25) is 0 Å². The summed E-state index contributed by atoms with van der Waals surface area (Å²) >= 11 is 0. The lowest BCUT2D eigenvalue weighted by Gasteiger charge is -2.32. The van der Waals surface area contributed by atoms with Gasteiger partial charge in [-0.05, 0) is 82.6 Å². The van der Waals surface area contributed by atoms with Crippen LogP contribution in [0.5, 0.6) is 0 Å². The number of Topliss-reactive ketones (excluding diaryl/α,β-unsaturated/α-hetero) is 1. The molecule has 30 heavy (non-hydrogen) atoms. The van der Waals surface area contributed by atoms with E-state index in [0.29, 0.717) is 12.1 Å². The second-order valence-electron chi connectivity index (χ2n) is 9.09. The quantitative estimate of drug-likeness (QED) is 0.691. The van der Waals surface area contributed by atoms with Gasteiger partial charge in [0, 0.05) is 30.3 Å². The van der Waals surface area contributed by atoms with Crippen molar-refractivity contribution in [3.8, 4) is 0 Å². The number of benzene rings is 2. The Bertz CT molecular complexity index is 960. The fourth-order valence-corrected chi connectivity index (χ4v) is 4.68. The Kier molecular flexibility index (Phi) is 5.49. The molecule has 0 bridgehead atoms. The molecular weight excluding hydrogens is 379 g/mol. The van der Waals surface area contributed by atoms with Gasteiger partial charge in [-0.3, -0.25) is 9.59 Å². The number of hydrogen-bond acceptors (Lipinski definition) is 3.